The smallest absolute Gasteiger partial charge is 0.335 e. The number of carbonyl (C=O) groups excluding carboxylic acids is 3. The van der Waals surface area contributed by atoms with Crippen LogP contribution >= 0.6 is 45.2 Å². The Morgan fingerprint density at radius 2 is 1.73 bits per heavy atom. The number of aryl methyl sites for hydroxylation is 1. The van der Waals surface area contributed by atoms with E-state index in [4.69, 9.17) is 4.74 Å². The molecule has 2 aromatic rings. The minimum Gasteiger partial charge on any atom is -0.487 e. The van der Waals surface area contributed by atoms with Gasteiger partial charge in [0, 0.05) is 0 Å². The van der Waals surface area contributed by atoms with Gasteiger partial charge in [0.15, 0.2) is 0 Å². The van der Waals surface area contributed by atoms with Gasteiger partial charge in [0.05, 0.1) is 12.8 Å². The van der Waals surface area contributed by atoms with E-state index in [1.807, 2.05) is 31.2 Å². The topological polar surface area (TPSA) is 75.7 Å². The van der Waals surface area contributed by atoms with Crippen molar-refractivity contribution in [3.8, 4) is 5.75 Å². The molecule has 1 heterocycles. The zero-order valence-corrected chi connectivity index (χ0v) is 20.4. The van der Waals surface area contributed by atoms with E-state index in [2.05, 4.69) is 57.1 Å². The molecule has 1 aliphatic heterocycles. The van der Waals surface area contributed by atoms with Crippen LogP contribution in [-0.4, -0.2) is 24.5 Å². The number of carbonyl (C=O) groups is 3. The molecule has 8 heteroatoms. The summed E-state index contributed by atoms with van der Waals surface area (Å²) in [5.41, 5.74) is 2.04. The van der Waals surface area contributed by atoms with Gasteiger partial charge >= 0.3 is 6.03 Å². The maximum Gasteiger partial charge on any atom is 0.335 e. The zero-order valence-electron chi connectivity index (χ0n) is 16.1. The molecule has 0 bridgehead atoms. The number of imide groups is 2. The minimum atomic E-state index is -0.760. The van der Waals surface area contributed by atoms with Gasteiger partial charge in [-0.15, -0.1) is 0 Å². The van der Waals surface area contributed by atoms with Crippen LogP contribution in [0.3, 0.4) is 0 Å². The van der Waals surface area contributed by atoms with E-state index < -0.39 is 17.8 Å². The molecular weight excluding hydrogens is 610 g/mol. The molecule has 0 radical (unpaired) electrons. The lowest BCUT2D eigenvalue weighted by molar-refractivity contribution is -0.122. The standard InChI is InChI=1S/C22H18I2N2O4/c1-3-9-30-19-17(23)11-14(12-18(19)24)10-16-20(27)25-22(29)26(21(16)28)15-7-5-13(4-2)6-8-15/h3,5-8,10-12H,1,4,9H2,2H3,(H,25,27,29)/b16-10-. The first-order chi connectivity index (χ1) is 14.3. The second kappa shape index (κ2) is 9.73. The molecule has 0 atom stereocenters. The molecule has 1 fully saturated rings. The van der Waals surface area contributed by atoms with Gasteiger partial charge in [0.25, 0.3) is 11.8 Å². The fourth-order valence-electron chi connectivity index (χ4n) is 2.88. The number of nitrogens with one attached hydrogen (secondary N) is 1. The first-order valence-corrected chi connectivity index (χ1v) is 11.2. The van der Waals surface area contributed by atoms with Crippen molar-refractivity contribution in [2.45, 2.75) is 13.3 Å². The van der Waals surface area contributed by atoms with E-state index in [9.17, 15) is 14.4 Å². The van der Waals surface area contributed by atoms with E-state index in [0.717, 1.165) is 24.0 Å². The number of benzene rings is 2. The van der Waals surface area contributed by atoms with Crippen molar-refractivity contribution in [1.29, 1.82) is 0 Å². The molecule has 1 saturated heterocycles. The van der Waals surface area contributed by atoms with E-state index in [1.165, 1.54) is 6.08 Å². The van der Waals surface area contributed by atoms with Crippen molar-refractivity contribution in [2.24, 2.45) is 0 Å². The predicted molar refractivity (Wildman–Crippen MR) is 132 cm³/mol. The molecule has 154 valence electrons. The Balaban J connectivity index is 1.97. The van der Waals surface area contributed by atoms with E-state index in [-0.39, 0.29) is 5.57 Å². The van der Waals surface area contributed by atoms with E-state index in [0.29, 0.717) is 23.6 Å². The lowest BCUT2D eigenvalue weighted by Gasteiger charge is -2.26. The number of nitrogens with zero attached hydrogens (tertiary/aromatic N) is 1. The quantitative estimate of drug-likeness (QED) is 0.218. The molecule has 1 aliphatic rings. The zero-order chi connectivity index (χ0) is 21.8. The summed E-state index contributed by atoms with van der Waals surface area (Å²) in [5.74, 6) is -0.668. The minimum absolute atomic E-state index is 0.111. The summed E-state index contributed by atoms with van der Waals surface area (Å²) >= 11 is 4.27. The van der Waals surface area contributed by atoms with Crippen molar-refractivity contribution < 1.29 is 19.1 Å². The number of barbiturate groups is 1. The van der Waals surface area contributed by atoms with Crippen molar-refractivity contribution >= 4 is 74.8 Å². The maximum atomic E-state index is 13.0. The molecule has 4 amide bonds. The highest BCUT2D eigenvalue weighted by Crippen LogP contribution is 2.30. The number of hydrogen-bond donors (Lipinski definition) is 1. The number of hydrogen-bond acceptors (Lipinski definition) is 4. The highest BCUT2D eigenvalue weighted by Gasteiger charge is 2.36. The van der Waals surface area contributed by atoms with Gasteiger partial charge in [0.2, 0.25) is 0 Å². The Hall–Kier alpha value is -2.21. The first-order valence-electron chi connectivity index (χ1n) is 9.08. The summed E-state index contributed by atoms with van der Waals surface area (Å²) in [5, 5.41) is 2.25. The number of urea groups is 1. The Bertz CT molecular complexity index is 1040. The maximum absolute atomic E-state index is 13.0. The first kappa shape index (κ1) is 22.5. The van der Waals surface area contributed by atoms with Crippen LogP contribution in [-0.2, 0) is 16.0 Å². The highest BCUT2D eigenvalue weighted by molar-refractivity contribution is 14.1. The highest BCUT2D eigenvalue weighted by atomic mass is 127. The second-order valence-electron chi connectivity index (χ2n) is 6.39. The lowest BCUT2D eigenvalue weighted by Crippen LogP contribution is -2.54. The summed E-state index contributed by atoms with van der Waals surface area (Å²) in [6.45, 7) is 6.03. The van der Waals surface area contributed by atoms with Crippen molar-refractivity contribution in [3.63, 3.8) is 0 Å². The molecule has 30 heavy (non-hydrogen) atoms. The van der Waals surface area contributed by atoms with E-state index in [1.54, 1.807) is 18.2 Å². The molecule has 0 aromatic heterocycles. The second-order valence-corrected chi connectivity index (χ2v) is 8.72. The molecule has 2 aromatic carbocycles. The number of halogens is 2. The monoisotopic (exact) mass is 628 g/mol. The summed E-state index contributed by atoms with van der Waals surface area (Å²) in [7, 11) is 0. The van der Waals surface area contributed by atoms with Crippen LogP contribution < -0.4 is 15.0 Å². The van der Waals surface area contributed by atoms with Gasteiger partial charge in [-0.05, 0) is 93.1 Å². The largest absolute Gasteiger partial charge is 0.487 e. The van der Waals surface area contributed by atoms with Crippen molar-refractivity contribution in [1.82, 2.24) is 5.32 Å². The summed E-state index contributed by atoms with van der Waals surface area (Å²) < 4.78 is 7.33. The lowest BCUT2D eigenvalue weighted by atomic mass is 10.1. The van der Waals surface area contributed by atoms with Crippen LogP contribution in [0.4, 0.5) is 10.5 Å². The van der Waals surface area contributed by atoms with Crippen molar-refractivity contribution in [3.05, 3.63) is 72.9 Å². The molecule has 6 nitrogen and oxygen atoms in total. The predicted octanol–water partition coefficient (Wildman–Crippen LogP) is 4.69. The third-order valence-corrected chi connectivity index (χ3v) is 5.98. The Kier molecular flexibility index (Phi) is 7.29. The van der Waals surface area contributed by atoms with Crippen LogP contribution in [0.5, 0.6) is 5.75 Å². The van der Waals surface area contributed by atoms with Gasteiger partial charge in [0.1, 0.15) is 17.9 Å². The normalized spacial score (nSPS) is 15.4. The van der Waals surface area contributed by atoms with Gasteiger partial charge in [-0.3, -0.25) is 14.9 Å². The summed E-state index contributed by atoms with van der Waals surface area (Å²) in [6.07, 6.45) is 3.98. The van der Waals surface area contributed by atoms with E-state index >= 15 is 0 Å². The SMILES string of the molecule is C=CCOc1c(I)cc(/C=C2/C(=O)NC(=O)N(c3ccc(CC)cc3)C2=O)cc1I. The summed E-state index contributed by atoms with van der Waals surface area (Å²) in [6, 6.07) is 9.95. The molecule has 0 spiro atoms. The molecule has 0 saturated carbocycles. The third kappa shape index (κ3) is 4.75. The molecule has 3 rings (SSSR count). The fourth-order valence-corrected chi connectivity index (χ4v) is 5.01. The molecule has 1 N–H and O–H groups in total. The summed E-state index contributed by atoms with van der Waals surface area (Å²) in [4.78, 5) is 38.7. The molecule has 0 aliphatic carbocycles. The van der Waals surface area contributed by atoms with Crippen LogP contribution in [0.15, 0.2) is 54.6 Å². The average Bonchev–Trinajstić information content (AvgIpc) is 2.71. The van der Waals surface area contributed by atoms with Crippen molar-refractivity contribution in [2.75, 3.05) is 11.5 Å². The van der Waals surface area contributed by atoms with Gasteiger partial charge in [-0.25, -0.2) is 9.69 Å². The van der Waals surface area contributed by atoms with Gasteiger partial charge in [-0.2, -0.15) is 0 Å². The third-order valence-electron chi connectivity index (χ3n) is 4.38. The van der Waals surface area contributed by atoms with Crippen LogP contribution in [0.2, 0.25) is 0 Å². The van der Waals surface area contributed by atoms with Crippen LogP contribution in [0, 0.1) is 7.14 Å². The fraction of sp³-hybridized carbons (Fsp3) is 0.136. The number of amides is 4. The number of anilines is 1. The number of ether oxygens (including phenoxy) is 1. The molecular formula is C22H18I2N2O4. The Morgan fingerprint density at radius 1 is 1.10 bits per heavy atom. The van der Waals surface area contributed by atoms with Crippen LogP contribution in [0.1, 0.15) is 18.1 Å². The average molecular weight is 628 g/mol. The van der Waals surface area contributed by atoms with Gasteiger partial charge < -0.3 is 4.74 Å². The Labute approximate surface area is 201 Å². The Morgan fingerprint density at radius 3 is 2.30 bits per heavy atom. The number of rotatable bonds is 6. The molecule has 0 unspecified atom stereocenters. The van der Waals surface area contributed by atoms with Crippen LogP contribution in [0.25, 0.3) is 6.08 Å². The van der Waals surface area contributed by atoms with Gasteiger partial charge in [-0.1, -0.05) is 31.7 Å².